The molecule has 1 saturated heterocycles. The Labute approximate surface area is 119 Å². The molecule has 0 aromatic rings. The average Bonchev–Trinajstić information content (AvgIpc) is 2.43. The van der Waals surface area contributed by atoms with E-state index in [9.17, 15) is 0 Å². The van der Waals surface area contributed by atoms with Crippen LogP contribution in [0.1, 0.15) is 59.8 Å². The standard InChI is InChI=1S/C16H34N2O/c1-5-7-8-14(6-2)11-15(17)16-12-18(13(3)4)9-10-19-16/h13-16H,5-12,17H2,1-4H3. The highest BCUT2D eigenvalue weighted by atomic mass is 16.5. The number of hydrogen-bond donors (Lipinski definition) is 1. The molecule has 114 valence electrons. The van der Waals surface area contributed by atoms with Crippen LogP contribution in [0.3, 0.4) is 0 Å². The molecular weight excluding hydrogens is 236 g/mol. The predicted octanol–water partition coefficient (Wildman–Crippen LogP) is 3.03. The Morgan fingerprint density at radius 1 is 1.32 bits per heavy atom. The van der Waals surface area contributed by atoms with Crippen LogP contribution in [0.15, 0.2) is 0 Å². The van der Waals surface area contributed by atoms with Gasteiger partial charge in [0.05, 0.1) is 12.7 Å². The highest BCUT2D eigenvalue weighted by Crippen LogP contribution is 2.21. The van der Waals surface area contributed by atoms with E-state index >= 15 is 0 Å². The third-order valence-electron chi connectivity index (χ3n) is 4.48. The van der Waals surface area contributed by atoms with E-state index < -0.39 is 0 Å². The predicted molar refractivity (Wildman–Crippen MR) is 82.3 cm³/mol. The molecule has 0 radical (unpaired) electrons. The van der Waals surface area contributed by atoms with Gasteiger partial charge >= 0.3 is 0 Å². The number of unbranched alkanes of at least 4 members (excludes halogenated alkanes) is 1. The van der Waals surface area contributed by atoms with E-state index in [2.05, 4.69) is 32.6 Å². The van der Waals surface area contributed by atoms with E-state index in [1.165, 1.54) is 25.7 Å². The largest absolute Gasteiger partial charge is 0.374 e. The average molecular weight is 270 g/mol. The SMILES string of the molecule is CCCCC(CC)CC(N)C1CN(C(C)C)CCO1. The monoisotopic (exact) mass is 270 g/mol. The van der Waals surface area contributed by atoms with Crippen LogP contribution in [0.25, 0.3) is 0 Å². The first-order chi connectivity index (χ1) is 9.08. The summed E-state index contributed by atoms with van der Waals surface area (Å²) >= 11 is 0. The second kappa shape index (κ2) is 8.93. The van der Waals surface area contributed by atoms with Crippen molar-refractivity contribution >= 4 is 0 Å². The normalized spacial score (nSPS) is 24.6. The van der Waals surface area contributed by atoms with Crippen LogP contribution in [0, 0.1) is 5.92 Å². The molecule has 1 aliphatic rings. The van der Waals surface area contributed by atoms with Crippen LogP contribution in [0.4, 0.5) is 0 Å². The smallest absolute Gasteiger partial charge is 0.0853 e. The fourth-order valence-electron chi connectivity index (χ4n) is 2.94. The Morgan fingerprint density at radius 3 is 2.63 bits per heavy atom. The molecule has 0 saturated carbocycles. The molecule has 1 rings (SSSR count). The molecule has 0 amide bonds. The van der Waals surface area contributed by atoms with Crippen LogP contribution in [0.2, 0.25) is 0 Å². The number of morpholine rings is 1. The van der Waals surface area contributed by atoms with Gasteiger partial charge in [0.1, 0.15) is 0 Å². The molecule has 1 heterocycles. The Balaban J connectivity index is 2.40. The zero-order chi connectivity index (χ0) is 14.3. The maximum Gasteiger partial charge on any atom is 0.0853 e. The zero-order valence-electron chi connectivity index (χ0n) is 13.4. The van der Waals surface area contributed by atoms with Crippen molar-refractivity contribution in [2.24, 2.45) is 11.7 Å². The molecular formula is C16H34N2O. The lowest BCUT2D eigenvalue weighted by molar-refractivity contribution is -0.0528. The maximum absolute atomic E-state index is 6.41. The van der Waals surface area contributed by atoms with Gasteiger partial charge in [0.25, 0.3) is 0 Å². The number of rotatable bonds is 8. The number of ether oxygens (including phenoxy) is 1. The van der Waals surface area contributed by atoms with E-state index in [0.717, 1.165) is 32.0 Å². The lowest BCUT2D eigenvalue weighted by Gasteiger charge is -2.38. The minimum Gasteiger partial charge on any atom is -0.374 e. The Morgan fingerprint density at radius 2 is 2.05 bits per heavy atom. The van der Waals surface area contributed by atoms with Gasteiger partial charge in [-0.3, -0.25) is 4.90 Å². The first kappa shape index (κ1) is 16.9. The third kappa shape index (κ3) is 5.80. The Kier molecular flexibility index (Phi) is 7.96. The second-order valence-corrected chi connectivity index (χ2v) is 6.31. The summed E-state index contributed by atoms with van der Waals surface area (Å²) in [6.07, 6.45) is 6.52. The second-order valence-electron chi connectivity index (χ2n) is 6.31. The molecule has 1 aliphatic heterocycles. The van der Waals surface area contributed by atoms with Gasteiger partial charge in [-0.05, 0) is 26.2 Å². The summed E-state index contributed by atoms with van der Waals surface area (Å²) in [6, 6.07) is 0.795. The highest BCUT2D eigenvalue weighted by molar-refractivity contribution is 4.83. The Hall–Kier alpha value is -0.120. The quantitative estimate of drug-likeness (QED) is 0.737. The summed E-state index contributed by atoms with van der Waals surface area (Å²) in [6.45, 7) is 11.9. The van der Waals surface area contributed by atoms with E-state index in [1.807, 2.05) is 0 Å². The lowest BCUT2D eigenvalue weighted by Crippen LogP contribution is -2.52. The van der Waals surface area contributed by atoms with Crippen molar-refractivity contribution in [3.05, 3.63) is 0 Å². The van der Waals surface area contributed by atoms with Gasteiger partial charge in [-0.1, -0.05) is 39.5 Å². The fourth-order valence-corrected chi connectivity index (χ4v) is 2.94. The van der Waals surface area contributed by atoms with Crippen LogP contribution in [-0.2, 0) is 4.74 Å². The molecule has 0 aromatic heterocycles. The third-order valence-corrected chi connectivity index (χ3v) is 4.48. The van der Waals surface area contributed by atoms with Crippen LogP contribution < -0.4 is 5.73 Å². The van der Waals surface area contributed by atoms with Crippen molar-refractivity contribution < 1.29 is 4.74 Å². The maximum atomic E-state index is 6.41. The molecule has 3 nitrogen and oxygen atoms in total. The summed E-state index contributed by atoms with van der Waals surface area (Å²) < 4.78 is 5.90. The zero-order valence-corrected chi connectivity index (χ0v) is 13.4. The van der Waals surface area contributed by atoms with Gasteiger partial charge in [0.15, 0.2) is 0 Å². The van der Waals surface area contributed by atoms with Crippen molar-refractivity contribution in [2.75, 3.05) is 19.7 Å². The summed E-state index contributed by atoms with van der Waals surface area (Å²) in [5, 5.41) is 0. The van der Waals surface area contributed by atoms with Crippen molar-refractivity contribution in [3.63, 3.8) is 0 Å². The van der Waals surface area contributed by atoms with Gasteiger partial charge in [-0.15, -0.1) is 0 Å². The topological polar surface area (TPSA) is 38.5 Å². The van der Waals surface area contributed by atoms with Crippen molar-refractivity contribution in [2.45, 2.75) is 78.0 Å². The Bertz CT molecular complexity index is 233. The van der Waals surface area contributed by atoms with Crippen LogP contribution in [-0.4, -0.2) is 42.8 Å². The number of hydrogen-bond acceptors (Lipinski definition) is 3. The van der Waals surface area contributed by atoms with Crippen LogP contribution in [0.5, 0.6) is 0 Å². The number of nitrogens with two attached hydrogens (primary N) is 1. The first-order valence-corrected chi connectivity index (χ1v) is 8.19. The molecule has 0 aliphatic carbocycles. The van der Waals surface area contributed by atoms with E-state index in [0.29, 0.717) is 6.04 Å². The van der Waals surface area contributed by atoms with Crippen molar-refractivity contribution in [1.82, 2.24) is 4.90 Å². The summed E-state index contributed by atoms with van der Waals surface area (Å²) in [7, 11) is 0. The minimum absolute atomic E-state index is 0.198. The highest BCUT2D eigenvalue weighted by Gasteiger charge is 2.28. The van der Waals surface area contributed by atoms with Gasteiger partial charge in [-0.2, -0.15) is 0 Å². The van der Waals surface area contributed by atoms with E-state index in [-0.39, 0.29) is 12.1 Å². The van der Waals surface area contributed by atoms with Gasteiger partial charge in [0.2, 0.25) is 0 Å². The molecule has 2 N–H and O–H groups in total. The molecule has 3 unspecified atom stereocenters. The van der Waals surface area contributed by atoms with E-state index in [1.54, 1.807) is 0 Å². The summed E-state index contributed by atoms with van der Waals surface area (Å²) in [5.41, 5.74) is 6.41. The van der Waals surface area contributed by atoms with Crippen molar-refractivity contribution in [1.29, 1.82) is 0 Å². The molecule has 0 aromatic carbocycles. The van der Waals surface area contributed by atoms with Gasteiger partial charge in [-0.25, -0.2) is 0 Å². The van der Waals surface area contributed by atoms with Crippen molar-refractivity contribution in [3.8, 4) is 0 Å². The molecule has 1 fully saturated rings. The summed E-state index contributed by atoms with van der Waals surface area (Å²) in [4.78, 5) is 2.49. The van der Waals surface area contributed by atoms with Gasteiger partial charge < -0.3 is 10.5 Å². The molecule has 0 bridgehead atoms. The molecule has 3 heteroatoms. The lowest BCUT2D eigenvalue weighted by atomic mass is 9.90. The molecule has 19 heavy (non-hydrogen) atoms. The molecule has 0 spiro atoms. The van der Waals surface area contributed by atoms with Gasteiger partial charge in [0, 0.05) is 25.2 Å². The fraction of sp³-hybridized carbons (Fsp3) is 1.00. The van der Waals surface area contributed by atoms with E-state index in [4.69, 9.17) is 10.5 Å². The number of nitrogens with zero attached hydrogens (tertiary/aromatic N) is 1. The van der Waals surface area contributed by atoms with Crippen LogP contribution >= 0.6 is 0 Å². The first-order valence-electron chi connectivity index (χ1n) is 8.19. The molecule has 3 atom stereocenters. The summed E-state index contributed by atoms with van der Waals surface area (Å²) in [5.74, 6) is 0.771. The minimum atomic E-state index is 0.198.